The fourth-order valence-corrected chi connectivity index (χ4v) is 4.29. The van der Waals surface area contributed by atoms with Crippen molar-refractivity contribution in [2.24, 2.45) is 0 Å². The van der Waals surface area contributed by atoms with E-state index in [1.165, 1.54) is 10.6 Å². The van der Waals surface area contributed by atoms with Gasteiger partial charge >= 0.3 is 0 Å². The maximum atomic E-state index is 11.2. The van der Waals surface area contributed by atoms with Crippen LogP contribution in [0.4, 0.5) is 11.4 Å². The van der Waals surface area contributed by atoms with Crippen LogP contribution in [0.3, 0.4) is 0 Å². The third-order valence-electron chi connectivity index (χ3n) is 5.90. The highest BCUT2D eigenvalue weighted by Crippen LogP contribution is 2.39. The number of aromatic nitrogens is 1. The molecule has 9 heteroatoms. The molecule has 0 radical (unpaired) electrons. The summed E-state index contributed by atoms with van der Waals surface area (Å²) >= 11 is 5.76. The Morgan fingerprint density at radius 2 is 1.57 bits per heavy atom. The lowest BCUT2D eigenvalue weighted by atomic mass is 10.1. The number of aromatic hydroxyl groups is 2. The predicted octanol–water partition coefficient (Wildman–Crippen LogP) is 5.36. The molecule has 0 atom stereocenters. The second kappa shape index (κ2) is 11.6. The zero-order valence-corrected chi connectivity index (χ0v) is 21.7. The lowest BCUT2D eigenvalue weighted by Gasteiger charge is -2.25. The van der Waals surface area contributed by atoms with Gasteiger partial charge in [-0.3, -0.25) is 0 Å². The second-order valence-electron chi connectivity index (χ2n) is 8.13. The summed E-state index contributed by atoms with van der Waals surface area (Å²) in [4.78, 5) is 1.76. The summed E-state index contributed by atoms with van der Waals surface area (Å²) in [6.45, 7) is 0.410. The molecule has 37 heavy (non-hydrogen) atoms. The average molecular weight is 520 g/mol. The van der Waals surface area contributed by atoms with Crippen LogP contribution < -0.4 is 24.4 Å². The molecule has 0 saturated heterocycles. The second-order valence-corrected chi connectivity index (χ2v) is 8.52. The van der Waals surface area contributed by atoms with E-state index in [1.807, 2.05) is 48.5 Å². The molecule has 0 aliphatic rings. The maximum absolute atomic E-state index is 11.2. The Morgan fingerprint density at radius 3 is 2.22 bits per heavy atom. The molecule has 4 rings (SSSR count). The minimum atomic E-state index is -0.146. The average Bonchev–Trinajstić information content (AvgIpc) is 3.22. The van der Waals surface area contributed by atoms with Crippen LogP contribution in [0.5, 0.6) is 29.0 Å². The number of anilines is 2. The number of thiocarbonyl (C=S) groups is 1. The molecule has 3 N–H and O–H groups in total. The Kier molecular flexibility index (Phi) is 8.05. The molecular formula is C28H29N3O5S. The van der Waals surface area contributed by atoms with Crippen LogP contribution in [0, 0.1) is 0 Å². The number of nitrogens with zero attached hydrogens (tertiary/aromatic N) is 2. The number of benzene rings is 3. The van der Waals surface area contributed by atoms with Crippen LogP contribution in [0.2, 0.25) is 0 Å². The third-order valence-corrected chi connectivity index (χ3v) is 6.22. The lowest BCUT2D eigenvalue weighted by molar-refractivity contribution is 0.354. The van der Waals surface area contributed by atoms with E-state index >= 15 is 0 Å². The highest BCUT2D eigenvalue weighted by Gasteiger charge is 2.23. The maximum Gasteiger partial charge on any atom is 0.223 e. The van der Waals surface area contributed by atoms with E-state index in [2.05, 4.69) is 5.32 Å². The molecule has 1 aromatic heterocycles. The molecule has 1 heterocycles. The number of para-hydroxylation sites is 1. The number of methoxy groups -OCH3 is 3. The minimum Gasteiger partial charge on any atom is -0.497 e. The van der Waals surface area contributed by atoms with E-state index in [9.17, 15) is 10.2 Å². The van der Waals surface area contributed by atoms with Gasteiger partial charge in [-0.25, -0.2) is 4.57 Å². The fourth-order valence-electron chi connectivity index (χ4n) is 3.98. The van der Waals surface area contributed by atoms with Gasteiger partial charge in [0, 0.05) is 18.3 Å². The summed E-state index contributed by atoms with van der Waals surface area (Å²) < 4.78 is 17.3. The first kappa shape index (κ1) is 25.7. The van der Waals surface area contributed by atoms with Crippen molar-refractivity contribution in [2.75, 3.05) is 38.1 Å². The van der Waals surface area contributed by atoms with E-state index in [0.717, 1.165) is 11.3 Å². The van der Waals surface area contributed by atoms with Crippen LogP contribution >= 0.6 is 12.2 Å². The Balaban J connectivity index is 1.67. The highest BCUT2D eigenvalue weighted by molar-refractivity contribution is 7.80. The van der Waals surface area contributed by atoms with Crippen LogP contribution in [0.1, 0.15) is 5.56 Å². The minimum absolute atomic E-state index is 0.128. The molecule has 8 nitrogen and oxygen atoms in total. The number of hydrogen-bond acceptors (Lipinski definition) is 6. The first-order chi connectivity index (χ1) is 17.9. The van der Waals surface area contributed by atoms with Crippen molar-refractivity contribution in [3.8, 4) is 34.7 Å². The van der Waals surface area contributed by atoms with Gasteiger partial charge in [0.15, 0.2) is 16.6 Å². The third kappa shape index (κ3) is 5.73. The fraction of sp³-hybridized carbons (Fsp3) is 0.179. The predicted molar refractivity (Wildman–Crippen MR) is 149 cm³/mol. The molecule has 0 unspecified atom stereocenters. The first-order valence-corrected chi connectivity index (χ1v) is 12.0. The molecule has 3 aromatic carbocycles. The molecule has 0 saturated carbocycles. The van der Waals surface area contributed by atoms with Crippen LogP contribution in [0.15, 0.2) is 78.9 Å². The molecule has 4 aromatic rings. The topological polar surface area (TPSA) is 88.4 Å². The van der Waals surface area contributed by atoms with Gasteiger partial charge in [0.05, 0.1) is 27.0 Å². The van der Waals surface area contributed by atoms with Crippen molar-refractivity contribution in [1.29, 1.82) is 0 Å². The first-order valence-electron chi connectivity index (χ1n) is 11.6. The van der Waals surface area contributed by atoms with Gasteiger partial charge in [-0.05, 0) is 72.7 Å². The molecule has 0 aliphatic carbocycles. The summed E-state index contributed by atoms with van der Waals surface area (Å²) in [5, 5.41) is 25.6. The van der Waals surface area contributed by atoms with Crippen molar-refractivity contribution in [3.63, 3.8) is 0 Å². The molecule has 0 fully saturated rings. The van der Waals surface area contributed by atoms with Crippen LogP contribution in [0.25, 0.3) is 5.69 Å². The smallest absolute Gasteiger partial charge is 0.223 e. The van der Waals surface area contributed by atoms with Gasteiger partial charge in [-0.15, -0.1) is 0 Å². The van der Waals surface area contributed by atoms with Gasteiger partial charge in [0.2, 0.25) is 11.8 Å². The molecule has 192 valence electrons. The van der Waals surface area contributed by atoms with E-state index in [0.29, 0.717) is 46.7 Å². The molecule has 0 amide bonds. The van der Waals surface area contributed by atoms with Crippen molar-refractivity contribution in [1.82, 2.24) is 4.57 Å². The summed E-state index contributed by atoms with van der Waals surface area (Å²) in [5.74, 6) is 1.66. The normalized spacial score (nSPS) is 10.6. The van der Waals surface area contributed by atoms with Crippen molar-refractivity contribution in [3.05, 3.63) is 84.4 Å². The Hall–Kier alpha value is -4.37. The van der Waals surface area contributed by atoms with E-state index in [4.69, 9.17) is 26.4 Å². The monoisotopic (exact) mass is 519 g/mol. The summed E-state index contributed by atoms with van der Waals surface area (Å²) in [5.41, 5.74) is 2.73. The number of hydrogen-bond donors (Lipinski definition) is 3. The molecule has 0 spiro atoms. The summed E-state index contributed by atoms with van der Waals surface area (Å²) in [7, 11) is 4.76. The Morgan fingerprint density at radius 1 is 0.865 bits per heavy atom. The van der Waals surface area contributed by atoms with E-state index in [1.54, 1.807) is 50.5 Å². The van der Waals surface area contributed by atoms with Crippen molar-refractivity contribution < 1.29 is 24.4 Å². The Bertz CT molecular complexity index is 1360. The van der Waals surface area contributed by atoms with Gasteiger partial charge < -0.3 is 34.6 Å². The zero-order valence-electron chi connectivity index (χ0n) is 20.8. The van der Waals surface area contributed by atoms with Gasteiger partial charge in [0.25, 0.3) is 0 Å². The largest absolute Gasteiger partial charge is 0.497 e. The molecule has 0 bridgehead atoms. The zero-order chi connectivity index (χ0) is 26.4. The highest BCUT2D eigenvalue weighted by atomic mass is 32.1. The van der Waals surface area contributed by atoms with Gasteiger partial charge in [-0.1, -0.05) is 24.3 Å². The van der Waals surface area contributed by atoms with Crippen molar-refractivity contribution >= 4 is 28.7 Å². The molecular weight excluding hydrogens is 490 g/mol. The number of rotatable bonds is 9. The standard InChI is InChI=1S/C28H29N3O5S/c1-34-22-12-10-21(11-13-22)31-26(32)18-23(27(31)33)30(28(37)29-20-7-5-4-6-8-20)16-15-19-9-14-24(35-2)25(17-19)36-3/h4-14,17-18,32-33H,15-16H2,1-3H3,(H,29,37). The van der Waals surface area contributed by atoms with Gasteiger partial charge in [-0.2, -0.15) is 0 Å². The van der Waals surface area contributed by atoms with Crippen molar-refractivity contribution in [2.45, 2.75) is 6.42 Å². The van der Waals surface area contributed by atoms with Gasteiger partial charge in [0.1, 0.15) is 11.4 Å². The van der Waals surface area contributed by atoms with E-state index in [-0.39, 0.29) is 11.8 Å². The molecule has 0 aliphatic heterocycles. The number of nitrogens with one attached hydrogen (secondary N) is 1. The van der Waals surface area contributed by atoms with Crippen LogP contribution in [-0.2, 0) is 6.42 Å². The summed E-state index contributed by atoms with van der Waals surface area (Å²) in [6.07, 6.45) is 0.574. The Labute approximate surface area is 221 Å². The van der Waals surface area contributed by atoms with E-state index < -0.39 is 0 Å². The lowest BCUT2D eigenvalue weighted by Crippen LogP contribution is -2.36. The SMILES string of the molecule is COc1ccc(-n2c(O)cc(N(CCc3ccc(OC)c(OC)c3)C(=S)Nc3ccccc3)c2O)cc1. The van der Waals surface area contributed by atoms with Crippen LogP contribution in [-0.4, -0.2) is 47.8 Å². The number of ether oxygens (including phenoxy) is 3. The quantitative estimate of drug-likeness (QED) is 0.255. The summed E-state index contributed by atoms with van der Waals surface area (Å²) in [6, 6.07) is 23.7.